The van der Waals surface area contributed by atoms with Crippen LogP contribution in [-0.2, 0) is 21.6 Å². The van der Waals surface area contributed by atoms with Crippen molar-refractivity contribution >= 4 is 27.1 Å². The summed E-state index contributed by atoms with van der Waals surface area (Å²) in [5.41, 5.74) is 2.60. The van der Waals surface area contributed by atoms with E-state index in [9.17, 15) is 13.2 Å². The topological polar surface area (TPSA) is 102 Å². The van der Waals surface area contributed by atoms with Crippen LogP contribution >= 0.6 is 0 Å². The van der Waals surface area contributed by atoms with Gasteiger partial charge in [0.25, 0.3) is 0 Å². The summed E-state index contributed by atoms with van der Waals surface area (Å²) in [4.78, 5) is 16.6. The van der Waals surface area contributed by atoms with E-state index >= 15 is 0 Å². The molecule has 34 heavy (non-hydrogen) atoms. The summed E-state index contributed by atoms with van der Waals surface area (Å²) < 4.78 is 31.4. The van der Waals surface area contributed by atoms with Crippen molar-refractivity contribution in [2.45, 2.75) is 39.2 Å². The molecule has 0 atom stereocenters. The minimum absolute atomic E-state index is 0.194. The number of carbonyl (C=O) groups is 1. The van der Waals surface area contributed by atoms with Gasteiger partial charge in [0.15, 0.2) is 0 Å². The Balaban J connectivity index is 1.56. The predicted molar refractivity (Wildman–Crippen MR) is 134 cm³/mol. The Morgan fingerprint density at radius 3 is 2.56 bits per heavy atom. The molecule has 0 fully saturated rings. The quantitative estimate of drug-likeness (QED) is 0.313. The molecule has 0 saturated carbocycles. The molecule has 3 rings (SSSR count). The number of nitrogens with zero attached hydrogens (tertiary/aromatic N) is 2. The summed E-state index contributed by atoms with van der Waals surface area (Å²) >= 11 is 0. The Labute approximate surface area is 201 Å². The van der Waals surface area contributed by atoms with Crippen LogP contribution in [0, 0.1) is 0 Å². The van der Waals surface area contributed by atoms with Crippen molar-refractivity contribution in [2.24, 2.45) is 0 Å². The molecular formula is C25H30N4O4S. The molecule has 9 heteroatoms. The molecule has 180 valence electrons. The van der Waals surface area contributed by atoms with Gasteiger partial charge in [0, 0.05) is 30.4 Å². The van der Waals surface area contributed by atoms with Crippen LogP contribution < -0.4 is 10.6 Å². The fourth-order valence-corrected chi connectivity index (χ4v) is 3.92. The molecule has 0 radical (unpaired) electrons. The van der Waals surface area contributed by atoms with Gasteiger partial charge < -0.3 is 19.9 Å². The van der Waals surface area contributed by atoms with Gasteiger partial charge in [-0.05, 0) is 25.0 Å². The van der Waals surface area contributed by atoms with Crippen LogP contribution in [0.15, 0.2) is 67.1 Å². The van der Waals surface area contributed by atoms with E-state index in [2.05, 4.69) is 22.5 Å². The van der Waals surface area contributed by atoms with E-state index in [1.54, 1.807) is 30.6 Å². The Morgan fingerprint density at radius 1 is 1.03 bits per heavy atom. The molecule has 0 bridgehead atoms. The summed E-state index contributed by atoms with van der Waals surface area (Å²) in [6.45, 7) is 3.47. The largest absolute Gasteiger partial charge is 0.338 e. The van der Waals surface area contributed by atoms with Crippen LogP contribution in [0.4, 0.5) is 10.5 Å². The number of urea groups is 1. The number of anilines is 1. The van der Waals surface area contributed by atoms with Gasteiger partial charge in [-0.15, -0.1) is 0 Å². The molecule has 0 saturated heterocycles. The highest BCUT2D eigenvalue weighted by Crippen LogP contribution is 2.18. The number of aryl methyl sites for hydroxylation is 1. The molecule has 0 aliphatic heterocycles. The number of ether oxygens (including phenoxy) is 1. The van der Waals surface area contributed by atoms with Crippen molar-refractivity contribution in [2.75, 3.05) is 18.5 Å². The number of para-hydroxylation sites is 1. The first-order valence-electron chi connectivity index (χ1n) is 11.4. The molecule has 1 heterocycles. The molecule has 0 aliphatic carbocycles. The van der Waals surface area contributed by atoms with E-state index in [-0.39, 0.29) is 17.7 Å². The molecule has 2 aromatic carbocycles. The van der Waals surface area contributed by atoms with Gasteiger partial charge in [0.05, 0.1) is 24.3 Å². The van der Waals surface area contributed by atoms with Gasteiger partial charge in [-0.1, -0.05) is 62.2 Å². The normalized spacial score (nSPS) is 10.6. The maximum atomic E-state index is 12.2. The van der Waals surface area contributed by atoms with Gasteiger partial charge in [0.2, 0.25) is 15.3 Å². The Morgan fingerprint density at radius 2 is 1.79 bits per heavy atom. The summed E-state index contributed by atoms with van der Waals surface area (Å²) in [6, 6.07) is 16.2. The lowest BCUT2D eigenvalue weighted by molar-refractivity contribution is 0.252. The fourth-order valence-electron chi connectivity index (χ4n) is 3.38. The highest BCUT2D eigenvalue weighted by molar-refractivity contribution is 7.73. The Kier molecular flexibility index (Phi) is 9.87. The van der Waals surface area contributed by atoms with Crippen LogP contribution in [0.25, 0.3) is 11.3 Å². The number of rotatable bonds is 11. The number of unbranched alkanes of at least 4 members (excludes halogenated alkanes) is 2. The third-order valence-corrected chi connectivity index (χ3v) is 5.75. The van der Waals surface area contributed by atoms with Crippen LogP contribution in [0.1, 0.15) is 38.2 Å². The number of nitrogens with one attached hydrogen (secondary N) is 2. The molecule has 3 aromatic rings. The number of benzene rings is 2. The van der Waals surface area contributed by atoms with Gasteiger partial charge in [-0.25, -0.2) is 9.78 Å². The lowest BCUT2D eigenvalue weighted by Crippen LogP contribution is -2.30. The summed E-state index contributed by atoms with van der Waals surface area (Å²) in [5.74, 6) is 0. The summed E-state index contributed by atoms with van der Waals surface area (Å²) in [5, 5.41) is 5.31. The van der Waals surface area contributed by atoms with Crippen LogP contribution in [0.2, 0.25) is 0 Å². The lowest BCUT2D eigenvalue weighted by atomic mass is 10.2. The van der Waals surface area contributed by atoms with Gasteiger partial charge in [0.1, 0.15) is 0 Å². The molecule has 0 spiro atoms. The third kappa shape index (κ3) is 7.57. The zero-order chi connectivity index (χ0) is 24.2. The first kappa shape index (κ1) is 25.2. The van der Waals surface area contributed by atoms with Crippen molar-refractivity contribution in [3.63, 3.8) is 0 Å². The van der Waals surface area contributed by atoms with Crippen molar-refractivity contribution in [1.29, 1.82) is 0 Å². The van der Waals surface area contributed by atoms with E-state index in [0.29, 0.717) is 30.8 Å². The number of amides is 2. The first-order valence-corrected chi connectivity index (χ1v) is 12.5. The average molecular weight is 483 g/mol. The smallest absolute Gasteiger partial charge is 0.319 e. The second kappa shape index (κ2) is 13.3. The summed E-state index contributed by atoms with van der Waals surface area (Å²) in [6.07, 6.45) is 7.26. The molecular weight excluding hydrogens is 452 g/mol. The summed E-state index contributed by atoms with van der Waals surface area (Å²) in [7, 11) is -2.60. The van der Waals surface area contributed by atoms with Crippen molar-refractivity contribution in [1.82, 2.24) is 14.9 Å². The van der Waals surface area contributed by atoms with Gasteiger partial charge in [-0.2, -0.15) is 8.42 Å². The minimum atomic E-state index is -2.60. The monoisotopic (exact) mass is 482 g/mol. The van der Waals surface area contributed by atoms with Crippen LogP contribution in [0.3, 0.4) is 0 Å². The number of hydrogen-bond acceptors (Lipinski definition) is 5. The van der Waals surface area contributed by atoms with Crippen molar-refractivity contribution in [3.05, 3.63) is 72.7 Å². The van der Waals surface area contributed by atoms with Gasteiger partial charge in [-0.3, -0.25) is 0 Å². The lowest BCUT2D eigenvalue weighted by Gasteiger charge is -2.12. The van der Waals surface area contributed by atoms with Crippen LogP contribution in [0.5, 0.6) is 0 Å². The molecule has 2 amide bonds. The van der Waals surface area contributed by atoms with E-state index in [1.165, 1.54) is 0 Å². The molecule has 0 unspecified atom stereocenters. The highest BCUT2D eigenvalue weighted by atomic mass is 32.2. The SMILES string of the molecule is CCCCCNC(=O)Nc1ccccc1C(OCCCn1cnc(-c2ccccc2)c1)=S(=O)=O. The van der Waals surface area contributed by atoms with Gasteiger partial charge >= 0.3 is 6.03 Å². The molecule has 1 aromatic heterocycles. The zero-order valence-electron chi connectivity index (χ0n) is 19.2. The number of carbonyl (C=O) groups excluding carboxylic acids is 1. The average Bonchev–Trinajstić information content (AvgIpc) is 3.32. The number of hydrogen-bond donors (Lipinski definition) is 2. The zero-order valence-corrected chi connectivity index (χ0v) is 20.1. The van der Waals surface area contributed by atoms with E-state index in [1.807, 2.05) is 41.1 Å². The van der Waals surface area contributed by atoms with Crippen molar-refractivity contribution in [3.8, 4) is 11.3 Å². The maximum Gasteiger partial charge on any atom is 0.319 e. The van der Waals surface area contributed by atoms with Crippen LogP contribution in [-0.4, -0.2) is 42.2 Å². The minimum Gasteiger partial charge on any atom is -0.338 e. The second-order valence-corrected chi connectivity index (χ2v) is 8.56. The third-order valence-electron chi connectivity index (χ3n) is 5.11. The van der Waals surface area contributed by atoms with E-state index in [4.69, 9.17) is 4.74 Å². The molecule has 0 aliphatic rings. The number of imidazole rings is 1. The predicted octanol–water partition coefficient (Wildman–Crippen LogP) is 4.33. The van der Waals surface area contributed by atoms with Crippen molar-refractivity contribution < 1.29 is 17.9 Å². The second-order valence-electron chi connectivity index (χ2n) is 7.72. The first-order chi connectivity index (χ1) is 16.6. The Hall–Kier alpha value is -3.43. The maximum absolute atomic E-state index is 12.2. The van der Waals surface area contributed by atoms with E-state index < -0.39 is 10.3 Å². The highest BCUT2D eigenvalue weighted by Gasteiger charge is 2.14. The molecule has 8 nitrogen and oxygen atoms in total. The number of aromatic nitrogens is 2. The Bertz CT molecular complexity index is 1200. The van der Waals surface area contributed by atoms with E-state index in [0.717, 1.165) is 30.5 Å². The fraction of sp³-hybridized carbons (Fsp3) is 0.320. The standard InChI is InChI=1S/C25H30N4O4S/c1-2-3-9-15-26-25(30)28-22-14-8-7-13-21(22)24(34(31)32)33-17-10-16-29-18-23(27-19-29)20-11-5-4-6-12-20/h4-8,11-14,18-19H,2-3,9-10,15-17H2,1H3,(H2,26,28,30). The molecule has 2 N–H and O–H groups in total.